The Hall–Kier alpha value is -1.39. The third-order valence-corrected chi connectivity index (χ3v) is 4.56. The average molecular weight is 304 g/mol. The van der Waals surface area contributed by atoms with Crippen LogP contribution in [-0.2, 0) is 10.2 Å². The summed E-state index contributed by atoms with van der Waals surface area (Å²) in [6, 6.07) is 9.90. The Balaban J connectivity index is 1.71. The average Bonchev–Trinajstić information content (AvgIpc) is 2.54. The van der Waals surface area contributed by atoms with Gasteiger partial charge in [0.05, 0.1) is 11.5 Å². The first-order valence-electron chi connectivity index (χ1n) is 8.24. The van der Waals surface area contributed by atoms with E-state index in [-0.39, 0.29) is 12.0 Å². The van der Waals surface area contributed by atoms with Crippen molar-refractivity contribution < 1.29 is 9.90 Å². The maximum Gasteiger partial charge on any atom is 0.230 e. The molecule has 0 spiro atoms. The van der Waals surface area contributed by atoms with Gasteiger partial charge in [0.2, 0.25) is 5.91 Å². The highest BCUT2D eigenvalue weighted by molar-refractivity contribution is 5.87. The van der Waals surface area contributed by atoms with Crippen molar-refractivity contribution in [1.29, 1.82) is 0 Å². The monoisotopic (exact) mass is 304 g/mol. The summed E-state index contributed by atoms with van der Waals surface area (Å²) < 4.78 is 0. The molecule has 0 radical (unpaired) electrons. The van der Waals surface area contributed by atoms with E-state index in [1.165, 1.54) is 0 Å². The Kier molecular flexibility index (Phi) is 5.98. The van der Waals surface area contributed by atoms with Crippen LogP contribution in [0.15, 0.2) is 30.3 Å². The fraction of sp³-hybridized carbons (Fsp3) is 0.611. The van der Waals surface area contributed by atoms with Crippen molar-refractivity contribution in [3.63, 3.8) is 0 Å². The summed E-state index contributed by atoms with van der Waals surface area (Å²) >= 11 is 0. The van der Waals surface area contributed by atoms with E-state index in [1.54, 1.807) is 0 Å². The molecule has 0 saturated carbocycles. The van der Waals surface area contributed by atoms with Crippen LogP contribution in [0.4, 0.5) is 0 Å². The predicted octanol–water partition coefficient (Wildman–Crippen LogP) is 1.93. The summed E-state index contributed by atoms with van der Waals surface area (Å²) in [4.78, 5) is 14.8. The van der Waals surface area contributed by atoms with Crippen molar-refractivity contribution in [1.82, 2.24) is 10.2 Å². The second-order valence-electron chi connectivity index (χ2n) is 6.67. The van der Waals surface area contributed by atoms with Crippen LogP contribution in [0.5, 0.6) is 0 Å². The van der Waals surface area contributed by atoms with Gasteiger partial charge >= 0.3 is 0 Å². The summed E-state index contributed by atoms with van der Waals surface area (Å²) in [7, 11) is 0. The number of aliphatic hydroxyl groups is 1. The zero-order chi connectivity index (χ0) is 16.0. The number of carbonyl (C=O) groups is 1. The van der Waals surface area contributed by atoms with Gasteiger partial charge in [0.1, 0.15) is 0 Å². The Labute approximate surface area is 133 Å². The van der Waals surface area contributed by atoms with Crippen LogP contribution in [0, 0.1) is 0 Å². The maximum atomic E-state index is 12.4. The summed E-state index contributed by atoms with van der Waals surface area (Å²) in [5.41, 5.74) is 0.536. The number of likely N-dealkylation sites (tertiary alicyclic amines) is 1. The Morgan fingerprint density at radius 1 is 1.27 bits per heavy atom. The molecule has 1 amide bonds. The molecule has 1 heterocycles. The van der Waals surface area contributed by atoms with Crippen LogP contribution >= 0.6 is 0 Å². The number of hydrogen-bond acceptors (Lipinski definition) is 3. The second kappa shape index (κ2) is 7.75. The Bertz CT molecular complexity index is 465. The van der Waals surface area contributed by atoms with Crippen LogP contribution in [-0.4, -0.2) is 48.2 Å². The molecule has 0 bridgehead atoms. The van der Waals surface area contributed by atoms with Crippen molar-refractivity contribution >= 4 is 5.91 Å². The molecule has 0 aliphatic carbocycles. The lowest BCUT2D eigenvalue weighted by atomic mass is 9.84. The first-order valence-corrected chi connectivity index (χ1v) is 8.24. The van der Waals surface area contributed by atoms with E-state index < -0.39 is 5.41 Å². The Morgan fingerprint density at radius 2 is 1.91 bits per heavy atom. The number of aliphatic hydroxyl groups excluding tert-OH is 1. The smallest absolute Gasteiger partial charge is 0.230 e. The molecule has 1 aliphatic rings. The van der Waals surface area contributed by atoms with E-state index in [9.17, 15) is 9.90 Å². The maximum absolute atomic E-state index is 12.4. The van der Waals surface area contributed by atoms with E-state index in [2.05, 4.69) is 10.2 Å². The molecule has 122 valence electrons. The number of carbonyl (C=O) groups excluding carboxylic acids is 1. The highest BCUT2D eigenvalue weighted by Crippen LogP contribution is 2.22. The van der Waals surface area contributed by atoms with Gasteiger partial charge in [-0.2, -0.15) is 0 Å². The first kappa shape index (κ1) is 17.0. The number of benzene rings is 1. The van der Waals surface area contributed by atoms with Crippen LogP contribution in [0.25, 0.3) is 0 Å². The second-order valence-corrected chi connectivity index (χ2v) is 6.67. The molecule has 2 N–H and O–H groups in total. The molecular formula is C18H28N2O2. The fourth-order valence-corrected chi connectivity index (χ4v) is 2.85. The summed E-state index contributed by atoms with van der Waals surface area (Å²) in [6.07, 6.45) is 2.57. The standard InChI is InChI=1S/C18H28N2O2/c1-18(2,15-7-4-3-5-8-15)17(22)19-11-6-12-20-13-9-16(21)10-14-20/h3-5,7-8,16,21H,6,9-14H2,1-2H3,(H,19,22). The van der Waals surface area contributed by atoms with Gasteiger partial charge in [-0.15, -0.1) is 0 Å². The molecule has 2 rings (SSSR count). The van der Waals surface area contributed by atoms with Gasteiger partial charge in [-0.05, 0) is 45.2 Å². The van der Waals surface area contributed by atoms with Gasteiger partial charge in [0.15, 0.2) is 0 Å². The van der Waals surface area contributed by atoms with E-state index in [1.807, 2.05) is 44.2 Å². The molecule has 1 aromatic carbocycles. The van der Waals surface area contributed by atoms with E-state index >= 15 is 0 Å². The highest BCUT2D eigenvalue weighted by Gasteiger charge is 2.29. The molecule has 1 aliphatic heterocycles. The molecule has 4 heteroatoms. The minimum absolute atomic E-state index is 0.0766. The van der Waals surface area contributed by atoms with Crippen molar-refractivity contribution in [3.8, 4) is 0 Å². The SMILES string of the molecule is CC(C)(C(=O)NCCCN1CCC(O)CC1)c1ccccc1. The van der Waals surface area contributed by atoms with Gasteiger partial charge in [-0.3, -0.25) is 4.79 Å². The molecule has 1 aromatic rings. The molecular weight excluding hydrogens is 276 g/mol. The summed E-state index contributed by atoms with van der Waals surface area (Å²) in [5, 5.41) is 12.5. The molecule has 0 atom stereocenters. The van der Waals surface area contributed by atoms with Gasteiger partial charge in [-0.1, -0.05) is 30.3 Å². The number of nitrogens with one attached hydrogen (secondary N) is 1. The molecule has 1 fully saturated rings. The number of rotatable bonds is 6. The first-order chi connectivity index (χ1) is 10.5. The van der Waals surface area contributed by atoms with Crippen molar-refractivity contribution in [2.75, 3.05) is 26.2 Å². The third kappa shape index (κ3) is 4.55. The van der Waals surface area contributed by atoms with Crippen molar-refractivity contribution in [2.24, 2.45) is 0 Å². The van der Waals surface area contributed by atoms with Crippen LogP contribution in [0.2, 0.25) is 0 Å². The third-order valence-electron chi connectivity index (χ3n) is 4.56. The zero-order valence-corrected chi connectivity index (χ0v) is 13.7. The lowest BCUT2D eigenvalue weighted by Crippen LogP contribution is -2.42. The van der Waals surface area contributed by atoms with Crippen molar-refractivity contribution in [3.05, 3.63) is 35.9 Å². The quantitative estimate of drug-likeness (QED) is 0.790. The van der Waals surface area contributed by atoms with Gasteiger partial charge in [0.25, 0.3) is 0 Å². The highest BCUT2D eigenvalue weighted by atomic mass is 16.3. The van der Waals surface area contributed by atoms with Gasteiger partial charge in [-0.25, -0.2) is 0 Å². The largest absolute Gasteiger partial charge is 0.393 e. The summed E-state index contributed by atoms with van der Waals surface area (Å²) in [6.45, 7) is 7.54. The number of piperidine rings is 1. The predicted molar refractivity (Wildman–Crippen MR) is 88.8 cm³/mol. The van der Waals surface area contributed by atoms with E-state index in [4.69, 9.17) is 0 Å². The van der Waals surface area contributed by atoms with Crippen molar-refractivity contribution in [2.45, 2.75) is 44.6 Å². The zero-order valence-electron chi connectivity index (χ0n) is 13.7. The fourth-order valence-electron chi connectivity index (χ4n) is 2.85. The van der Waals surface area contributed by atoms with E-state index in [0.29, 0.717) is 6.54 Å². The van der Waals surface area contributed by atoms with Gasteiger partial charge < -0.3 is 15.3 Å². The number of amides is 1. The lowest BCUT2D eigenvalue weighted by Gasteiger charge is -2.29. The Morgan fingerprint density at radius 3 is 2.55 bits per heavy atom. The molecule has 0 aromatic heterocycles. The van der Waals surface area contributed by atoms with Crippen LogP contribution in [0.1, 0.15) is 38.7 Å². The molecule has 0 unspecified atom stereocenters. The molecule has 22 heavy (non-hydrogen) atoms. The van der Waals surface area contributed by atoms with Crippen LogP contribution in [0.3, 0.4) is 0 Å². The normalized spacial score (nSPS) is 17.4. The van der Waals surface area contributed by atoms with Crippen LogP contribution < -0.4 is 5.32 Å². The topological polar surface area (TPSA) is 52.6 Å². The minimum Gasteiger partial charge on any atom is -0.393 e. The summed E-state index contributed by atoms with van der Waals surface area (Å²) in [5.74, 6) is 0.0766. The van der Waals surface area contributed by atoms with Gasteiger partial charge in [0, 0.05) is 19.6 Å². The lowest BCUT2D eigenvalue weighted by molar-refractivity contribution is -0.125. The number of nitrogens with zero attached hydrogens (tertiary/aromatic N) is 1. The minimum atomic E-state index is -0.503. The molecule has 4 nitrogen and oxygen atoms in total. The number of hydrogen-bond donors (Lipinski definition) is 2. The van der Waals surface area contributed by atoms with E-state index in [0.717, 1.165) is 44.5 Å². The molecule has 1 saturated heterocycles.